The van der Waals surface area contributed by atoms with Gasteiger partial charge in [0.2, 0.25) is 5.78 Å². The molecule has 0 saturated carbocycles. The topological polar surface area (TPSA) is 47.0 Å². The van der Waals surface area contributed by atoms with Gasteiger partial charge in [0.05, 0.1) is 0 Å². The molecule has 11 heavy (non-hydrogen) atoms. The van der Waals surface area contributed by atoms with Crippen LogP contribution in [0.15, 0.2) is 22.9 Å². The molecule has 0 saturated heterocycles. The van der Waals surface area contributed by atoms with E-state index in [1.54, 1.807) is 6.07 Å². The Hall–Kier alpha value is -1.03. The summed E-state index contributed by atoms with van der Waals surface area (Å²) in [7, 11) is 0. The van der Waals surface area contributed by atoms with Crippen LogP contribution in [0.5, 0.6) is 0 Å². The minimum Gasteiger partial charge on any atom is -0.294 e. The molecule has 3 nitrogen and oxygen atoms in total. The first-order chi connectivity index (χ1) is 5.24. The molecule has 0 spiro atoms. The van der Waals surface area contributed by atoms with E-state index in [9.17, 15) is 9.59 Å². The maximum absolute atomic E-state index is 10.7. The van der Waals surface area contributed by atoms with Crippen LogP contribution in [0.25, 0.3) is 0 Å². The van der Waals surface area contributed by atoms with Gasteiger partial charge in [0.1, 0.15) is 4.60 Å². The number of pyridine rings is 1. The number of hydrogen-bond donors (Lipinski definition) is 0. The third-order valence-corrected chi connectivity index (χ3v) is 1.59. The van der Waals surface area contributed by atoms with E-state index in [0.29, 0.717) is 10.2 Å². The Morgan fingerprint density at radius 3 is 2.73 bits per heavy atom. The van der Waals surface area contributed by atoms with Crippen molar-refractivity contribution >= 4 is 28.0 Å². The molecule has 0 amide bonds. The number of ketones is 1. The lowest BCUT2D eigenvalue weighted by atomic mass is 10.2. The first-order valence-corrected chi connectivity index (χ1v) is 3.64. The number of nitrogens with zero attached hydrogens (tertiary/aromatic N) is 1. The Bertz CT molecular complexity index is 281. The predicted octanol–water partition coefficient (Wildman–Crippen LogP) is 1.23. The predicted molar refractivity (Wildman–Crippen MR) is 42.3 cm³/mol. The van der Waals surface area contributed by atoms with Crippen molar-refractivity contribution in [2.45, 2.75) is 0 Å². The first kappa shape index (κ1) is 8.07. The summed E-state index contributed by atoms with van der Waals surface area (Å²) >= 11 is 3.11. The molecule has 0 radical (unpaired) electrons. The highest BCUT2D eigenvalue weighted by Gasteiger charge is 2.02. The van der Waals surface area contributed by atoms with E-state index in [0.717, 1.165) is 0 Å². The van der Waals surface area contributed by atoms with Crippen molar-refractivity contribution in [3.63, 3.8) is 0 Å². The van der Waals surface area contributed by atoms with Gasteiger partial charge in [-0.05, 0) is 28.1 Å². The molecule has 0 unspecified atom stereocenters. The van der Waals surface area contributed by atoms with Crippen molar-refractivity contribution in [3.05, 3.63) is 28.5 Å². The number of Topliss-reactive ketones (excluding diaryl/α,β-unsaturated/α-hetero) is 1. The lowest BCUT2D eigenvalue weighted by Gasteiger charge is -1.91. The van der Waals surface area contributed by atoms with E-state index >= 15 is 0 Å². The molecule has 0 N–H and O–H groups in total. The molecule has 0 fully saturated rings. The second-order valence-corrected chi connectivity index (χ2v) is 2.66. The molecule has 4 heteroatoms. The number of halogens is 1. The van der Waals surface area contributed by atoms with Crippen molar-refractivity contribution < 1.29 is 9.59 Å². The highest BCUT2D eigenvalue weighted by atomic mass is 79.9. The van der Waals surface area contributed by atoms with E-state index in [2.05, 4.69) is 20.9 Å². The summed E-state index contributed by atoms with van der Waals surface area (Å²) in [5.74, 6) is -0.551. The van der Waals surface area contributed by atoms with Crippen molar-refractivity contribution in [1.82, 2.24) is 4.98 Å². The minimum absolute atomic E-state index is 0.269. The quantitative estimate of drug-likeness (QED) is 0.322. The van der Waals surface area contributed by atoms with Crippen LogP contribution in [0.2, 0.25) is 0 Å². The summed E-state index contributed by atoms with van der Waals surface area (Å²) in [6.07, 6.45) is 1.62. The molecule has 0 aliphatic carbocycles. The zero-order chi connectivity index (χ0) is 8.27. The highest BCUT2D eigenvalue weighted by Crippen LogP contribution is 2.05. The van der Waals surface area contributed by atoms with Gasteiger partial charge in [0.15, 0.2) is 6.29 Å². The van der Waals surface area contributed by atoms with Crippen LogP contribution in [-0.2, 0) is 4.79 Å². The maximum atomic E-state index is 10.7. The number of carbonyl (C=O) groups excluding carboxylic acids is 2. The van der Waals surface area contributed by atoms with E-state index < -0.39 is 5.78 Å². The van der Waals surface area contributed by atoms with Gasteiger partial charge in [-0.25, -0.2) is 4.98 Å². The second-order valence-electron chi connectivity index (χ2n) is 1.85. The zero-order valence-electron chi connectivity index (χ0n) is 5.45. The maximum Gasteiger partial charge on any atom is 0.226 e. The van der Waals surface area contributed by atoms with Gasteiger partial charge in [-0.15, -0.1) is 0 Å². The van der Waals surface area contributed by atoms with Crippen LogP contribution >= 0.6 is 15.9 Å². The van der Waals surface area contributed by atoms with Crippen molar-refractivity contribution in [3.8, 4) is 0 Å². The Labute approximate surface area is 71.6 Å². The molecule has 0 bridgehead atoms. The standard InChI is InChI=1S/C7H4BrNO2/c8-7-2-1-5(3-9-7)6(11)4-10/h1-4H. The van der Waals surface area contributed by atoms with Crippen LogP contribution in [0.1, 0.15) is 10.4 Å². The second kappa shape index (κ2) is 3.39. The van der Waals surface area contributed by atoms with Crippen LogP contribution in [0.3, 0.4) is 0 Å². The van der Waals surface area contributed by atoms with E-state index in [1.807, 2.05) is 0 Å². The van der Waals surface area contributed by atoms with Gasteiger partial charge in [-0.3, -0.25) is 9.59 Å². The number of carbonyl (C=O) groups is 2. The SMILES string of the molecule is O=CC(=O)c1ccc(Br)nc1. The summed E-state index contributed by atoms with van der Waals surface area (Å²) in [6.45, 7) is 0. The van der Waals surface area contributed by atoms with E-state index in [4.69, 9.17) is 0 Å². The smallest absolute Gasteiger partial charge is 0.226 e. The van der Waals surface area contributed by atoms with Gasteiger partial charge in [-0.1, -0.05) is 0 Å². The largest absolute Gasteiger partial charge is 0.294 e. The molecular weight excluding hydrogens is 210 g/mol. The molecule has 0 aliphatic heterocycles. The molecule has 56 valence electrons. The molecule has 0 aromatic carbocycles. The van der Waals surface area contributed by atoms with Crippen molar-refractivity contribution in [2.24, 2.45) is 0 Å². The van der Waals surface area contributed by atoms with Gasteiger partial charge >= 0.3 is 0 Å². The van der Waals surface area contributed by atoms with Crippen LogP contribution in [0.4, 0.5) is 0 Å². The van der Waals surface area contributed by atoms with Crippen LogP contribution in [-0.4, -0.2) is 17.1 Å². The monoisotopic (exact) mass is 213 g/mol. The first-order valence-electron chi connectivity index (χ1n) is 2.85. The number of aromatic nitrogens is 1. The number of aldehydes is 1. The Balaban J connectivity index is 2.98. The average Bonchev–Trinajstić information content (AvgIpc) is 2.05. The zero-order valence-corrected chi connectivity index (χ0v) is 7.04. The molecular formula is C7H4BrNO2. The summed E-state index contributed by atoms with van der Waals surface area (Å²) in [5, 5.41) is 0. The fraction of sp³-hybridized carbons (Fsp3) is 0. The summed E-state index contributed by atoms with van der Waals surface area (Å²) < 4.78 is 0.639. The molecule has 0 aliphatic rings. The van der Waals surface area contributed by atoms with Crippen molar-refractivity contribution in [1.29, 1.82) is 0 Å². The fourth-order valence-corrected chi connectivity index (χ4v) is 0.824. The fourth-order valence-electron chi connectivity index (χ4n) is 0.590. The van der Waals surface area contributed by atoms with E-state index in [1.165, 1.54) is 12.3 Å². The van der Waals surface area contributed by atoms with E-state index in [-0.39, 0.29) is 6.29 Å². The summed E-state index contributed by atoms with van der Waals surface area (Å²) in [4.78, 5) is 24.5. The summed E-state index contributed by atoms with van der Waals surface area (Å²) in [5.41, 5.74) is 0.309. The van der Waals surface area contributed by atoms with Gasteiger partial charge in [0, 0.05) is 11.8 Å². The van der Waals surface area contributed by atoms with Gasteiger partial charge in [-0.2, -0.15) is 0 Å². The lowest BCUT2D eigenvalue weighted by molar-refractivity contribution is -0.104. The molecule has 1 heterocycles. The lowest BCUT2D eigenvalue weighted by Crippen LogP contribution is -1.99. The Morgan fingerprint density at radius 2 is 2.27 bits per heavy atom. The minimum atomic E-state index is -0.551. The molecule has 1 aromatic heterocycles. The Kier molecular flexibility index (Phi) is 2.48. The molecule has 0 atom stereocenters. The van der Waals surface area contributed by atoms with Crippen LogP contribution in [0, 0.1) is 0 Å². The average molecular weight is 214 g/mol. The number of rotatable bonds is 2. The van der Waals surface area contributed by atoms with Crippen LogP contribution < -0.4 is 0 Å². The number of hydrogen-bond acceptors (Lipinski definition) is 3. The normalized spacial score (nSPS) is 9.18. The highest BCUT2D eigenvalue weighted by molar-refractivity contribution is 9.10. The Morgan fingerprint density at radius 1 is 1.55 bits per heavy atom. The molecule has 1 rings (SSSR count). The third kappa shape index (κ3) is 1.94. The van der Waals surface area contributed by atoms with Gasteiger partial charge < -0.3 is 0 Å². The molecule has 1 aromatic rings. The summed E-state index contributed by atoms with van der Waals surface area (Å²) in [6, 6.07) is 3.14. The van der Waals surface area contributed by atoms with Crippen molar-refractivity contribution in [2.75, 3.05) is 0 Å². The van der Waals surface area contributed by atoms with Gasteiger partial charge in [0.25, 0.3) is 0 Å². The third-order valence-electron chi connectivity index (χ3n) is 1.12.